The SMILES string of the molecule is CCO[C@@H](CC/C=C/C(=O)NO)[C@@H](OC(=O)Nc1ccc(SC)cc1)c1ccc(O)cc1. The fourth-order valence-electron chi connectivity index (χ4n) is 2.98. The molecule has 0 aliphatic carbocycles. The molecule has 0 aromatic heterocycles. The van der Waals surface area contributed by atoms with E-state index in [2.05, 4.69) is 5.32 Å². The van der Waals surface area contributed by atoms with Gasteiger partial charge < -0.3 is 14.6 Å². The van der Waals surface area contributed by atoms with Crippen LogP contribution in [0.2, 0.25) is 0 Å². The summed E-state index contributed by atoms with van der Waals surface area (Å²) in [6.45, 7) is 2.23. The molecule has 2 atom stereocenters. The maximum Gasteiger partial charge on any atom is 0.412 e. The lowest BCUT2D eigenvalue weighted by Crippen LogP contribution is -2.29. The minimum absolute atomic E-state index is 0.0942. The summed E-state index contributed by atoms with van der Waals surface area (Å²) in [5, 5.41) is 20.9. The van der Waals surface area contributed by atoms with Gasteiger partial charge in [0.05, 0.1) is 6.10 Å². The van der Waals surface area contributed by atoms with Crippen LogP contribution in [0.15, 0.2) is 65.6 Å². The number of hydrogen-bond acceptors (Lipinski definition) is 7. The van der Waals surface area contributed by atoms with Gasteiger partial charge in [0.15, 0.2) is 6.10 Å². The van der Waals surface area contributed by atoms with Gasteiger partial charge in [0.25, 0.3) is 5.91 Å². The first-order valence-corrected chi connectivity index (χ1v) is 11.3. The third kappa shape index (κ3) is 8.26. The Hall–Kier alpha value is -3.01. The lowest BCUT2D eigenvalue weighted by atomic mass is 10.00. The van der Waals surface area contributed by atoms with Gasteiger partial charge in [-0.1, -0.05) is 18.2 Å². The molecule has 2 rings (SSSR count). The second kappa shape index (κ2) is 13.4. The molecular weight excluding hydrogens is 432 g/mol. The summed E-state index contributed by atoms with van der Waals surface area (Å²) in [6.07, 6.45) is 3.79. The van der Waals surface area contributed by atoms with Crippen molar-refractivity contribution in [1.82, 2.24) is 5.48 Å². The molecule has 0 bridgehead atoms. The lowest BCUT2D eigenvalue weighted by Gasteiger charge is -2.27. The number of carbonyl (C=O) groups is 2. The van der Waals surface area contributed by atoms with Crippen LogP contribution in [0.1, 0.15) is 31.4 Å². The van der Waals surface area contributed by atoms with Crippen LogP contribution in [-0.4, -0.2) is 41.3 Å². The van der Waals surface area contributed by atoms with Crippen molar-refractivity contribution in [3.8, 4) is 5.75 Å². The molecule has 32 heavy (non-hydrogen) atoms. The fourth-order valence-corrected chi connectivity index (χ4v) is 3.39. The summed E-state index contributed by atoms with van der Waals surface area (Å²) < 4.78 is 11.6. The number of hydroxylamine groups is 1. The Morgan fingerprint density at radius 1 is 1.12 bits per heavy atom. The van der Waals surface area contributed by atoms with Gasteiger partial charge in [0, 0.05) is 23.3 Å². The van der Waals surface area contributed by atoms with E-state index >= 15 is 0 Å². The number of anilines is 1. The van der Waals surface area contributed by atoms with E-state index in [1.807, 2.05) is 25.3 Å². The average Bonchev–Trinajstić information content (AvgIpc) is 2.80. The molecular formula is C23H28N2O6S. The average molecular weight is 461 g/mol. The van der Waals surface area contributed by atoms with E-state index in [1.54, 1.807) is 42.1 Å². The number of rotatable bonds is 11. The number of phenols is 1. The van der Waals surface area contributed by atoms with Crippen molar-refractivity contribution in [2.45, 2.75) is 36.9 Å². The largest absolute Gasteiger partial charge is 0.508 e. The molecule has 4 N–H and O–H groups in total. The van der Waals surface area contributed by atoms with E-state index in [-0.39, 0.29) is 5.75 Å². The van der Waals surface area contributed by atoms with E-state index in [1.165, 1.54) is 23.7 Å². The Morgan fingerprint density at radius 3 is 2.41 bits per heavy atom. The highest BCUT2D eigenvalue weighted by molar-refractivity contribution is 7.98. The highest BCUT2D eigenvalue weighted by Crippen LogP contribution is 2.29. The summed E-state index contributed by atoms with van der Waals surface area (Å²) in [5.74, 6) is -0.534. The molecule has 0 saturated heterocycles. The highest BCUT2D eigenvalue weighted by atomic mass is 32.2. The van der Waals surface area contributed by atoms with E-state index < -0.39 is 24.2 Å². The fraction of sp³-hybridized carbons (Fsp3) is 0.304. The number of hydrogen-bond donors (Lipinski definition) is 4. The number of allylic oxidation sites excluding steroid dienone is 1. The first kappa shape index (κ1) is 25.3. The quantitative estimate of drug-likeness (QED) is 0.167. The van der Waals surface area contributed by atoms with Crippen LogP contribution in [0.5, 0.6) is 5.75 Å². The molecule has 2 amide bonds. The smallest absolute Gasteiger partial charge is 0.412 e. The molecule has 2 aromatic rings. The van der Waals surface area contributed by atoms with Crippen LogP contribution < -0.4 is 10.8 Å². The molecule has 2 aromatic carbocycles. The molecule has 0 spiro atoms. The van der Waals surface area contributed by atoms with Crippen molar-refractivity contribution in [1.29, 1.82) is 0 Å². The van der Waals surface area contributed by atoms with Gasteiger partial charge in [-0.25, -0.2) is 10.3 Å². The molecule has 0 saturated carbocycles. The van der Waals surface area contributed by atoms with Gasteiger partial charge in [0.1, 0.15) is 5.75 Å². The van der Waals surface area contributed by atoms with Crippen molar-refractivity contribution in [3.63, 3.8) is 0 Å². The van der Waals surface area contributed by atoms with Gasteiger partial charge in [-0.2, -0.15) is 0 Å². The van der Waals surface area contributed by atoms with E-state index in [9.17, 15) is 14.7 Å². The third-order valence-corrected chi connectivity index (χ3v) is 5.25. The number of ether oxygens (including phenoxy) is 2. The van der Waals surface area contributed by atoms with Crippen LogP contribution in [-0.2, 0) is 14.3 Å². The zero-order valence-corrected chi connectivity index (χ0v) is 18.8. The van der Waals surface area contributed by atoms with E-state index in [0.29, 0.717) is 30.7 Å². The molecule has 0 unspecified atom stereocenters. The normalized spacial score (nSPS) is 12.8. The van der Waals surface area contributed by atoms with Crippen LogP contribution in [0, 0.1) is 0 Å². The van der Waals surface area contributed by atoms with Crippen molar-refractivity contribution < 1.29 is 29.4 Å². The summed E-state index contributed by atoms with van der Waals surface area (Å²) in [5.41, 5.74) is 2.79. The van der Waals surface area contributed by atoms with E-state index in [4.69, 9.17) is 14.7 Å². The minimum atomic E-state index is -0.749. The number of aromatic hydroxyl groups is 1. The van der Waals surface area contributed by atoms with Gasteiger partial charge >= 0.3 is 6.09 Å². The van der Waals surface area contributed by atoms with Crippen molar-refractivity contribution in [2.75, 3.05) is 18.2 Å². The summed E-state index contributed by atoms with van der Waals surface area (Å²) in [7, 11) is 0. The number of carbonyl (C=O) groups excluding carboxylic acids is 2. The molecule has 0 aliphatic rings. The number of thioether (sulfide) groups is 1. The zero-order valence-electron chi connectivity index (χ0n) is 18.0. The molecule has 0 heterocycles. The monoisotopic (exact) mass is 460 g/mol. The second-order valence-corrected chi connectivity index (χ2v) is 7.60. The molecule has 0 fully saturated rings. The summed E-state index contributed by atoms with van der Waals surface area (Å²) in [4.78, 5) is 24.9. The topological polar surface area (TPSA) is 117 Å². The standard InChI is InChI=1S/C23H28N2O6S/c1-3-30-20(6-4-5-7-21(27)25-29)22(16-8-12-18(26)13-9-16)31-23(28)24-17-10-14-19(32-2)15-11-17/h5,7-15,20,22,26,29H,3-4,6H2,1-2H3,(H,24,28)(H,25,27)/b7-5+/t20-,22-/m0/s1. The molecule has 0 radical (unpaired) electrons. The summed E-state index contributed by atoms with van der Waals surface area (Å²) >= 11 is 1.60. The molecule has 172 valence electrons. The Bertz CT molecular complexity index is 886. The number of nitrogens with one attached hydrogen (secondary N) is 2. The van der Waals surface area contributed by atoms with Crippen LogP contribution in [0.3, 0.4) is 0 Å². The number of phenolic OH excluding ortho intramolecular Hbond substituents is 1. The van der Waals surface area contributed by atoms with Crippen molar-refractivity contribution >= 4 is 29.4 Å². The van der Waals surface area contributed by atoms with Crippen LogP contribution in [0.4, 0.5) is 10.5 Å². The second-order valence-electron chi connectivity index (χ2n) is 6.72. The molecule has 0 aliphatic heterocycles. The van der Waals surface area contributed by atoms with Crippen LogP contribution >= 0.6 is 11.8 Å². The Balaban J connectivity index is 2.16. The predicted octanol–water partition coefficient (Wildman–Crippen LogP) is 4.65. The maximum atomic E-state index is 12.6. The maximum absolute atomic E-state index is 12.6. The van der Waals surface area contributed by atoms with Crippen molar-refractivity contribution in [3.05, 3.63) is 66.2 Å². The van der Waals surface area contributed by atoms with E-state index in [0.717, 1.165) is 4.90 Å². The lowest BCUT2D eigenvalue weighted by molar-refractivity contribution is -0.124. The van der Waals surface area contributed by atoms with Gasteiger partial charge in [-0.05, 0) is 68.0 Å². The van der Waals surface area contributed by atoms with Crippen molar-refractivity contribution in [2.24, 2.45) is 0 Å². The first-order chi connectivity index (χ1) is 15.5. The minimum Gasteiger partial charge on any atom is -0.508 e. The van der Waals surface area contributed by atoms with Crippen LogP contribution in [0.25, 0.3) is 0 Å². The first-order valence-electron chi connectivity index (χ1n) is 10.1. The molecule has 8 nitrogen and oxygen atoms in total. The van der Waals surface area contributed by atoms with Gasteiger partial charge in [0.2, 0.25) is 0 Å². The molecule has 9 heteroatoms. The Labute approximate surface area is 191 Å². The predicted molar refractivity (Wildman–Crippen MR) is 123 cm³/mol. The summed E-state index contributed by atoms with van der Waals surface area (Å²) in [6, 6.07) is 13.7. The third-order valence-electron chi connectivity index (χ3n) is 4.51. The number of amides is 2. The van der Waals surface area contributed by atoms with Gasteiger partial charge in [-0.15, -0.1) is 11.8 Å². The van der Waals surface area contributed by atoms with Gasteiger partial charge in [-0.3, -0.25) is 15.3 Å². The highest BCUT2D eigenvalue weighted by Gasteiger charge is 2.27. The Morgan fingerprint density at radius 2 is 1.81 bits per heavy atom. The Kier molecular flexibility index (Phi) is 10.6. The number of benzene rings is 2. The zero-order chi connectivity index (χ0) is 23.3.